The maximum absolute atomic E-state index is 12.6. The Hall–Kier alpha value is -1.61. The zero-order chi connectivity index (χ0) is 14.7. The Morgan fingerprint density at radius 2 is 2.10 bits per heavy atom. The zero-order valence-electron chi connectivity index (χ0n) is 12.4. The Morgan fingerprint density at radius 1 is 1.29 bits per heavy atom. The number of carbonyl (C=O) groups excluding carboxylic acids is 1. The summed E-state index contributed by atoms with van der Waals surface area (Å²) in [6.45, 7) is 3.05. The van der Waals surface area contributed by atoms with E-state index >= 15 is 0 Å². The minimum Gasteiger partial charge on any atom is -0.335 e. The molecule has 0 spiro atoms. The molecule has 1 atom stereocenters. The molecule has 1 unspecified atom stereocenters. The van der Waals surface area contributed by atoms with Crippen LogP contribution in [0.3, 0.4) is 0 Å². The summed E-state index contributed by atoms with van der Waals surface area (Å²) in [7, 11) is 0. The van der Waals surface area contributed by atoms with Gasteiger partial charge in [-0.25, -0.2) is 0 Å². The summed E-state index contributed by atoms with van der Waals surface area (Å²) in [5.74, 6) is 0.294. The predicted molar refractivity (Wildman–Crippen MR) is 87.5 cm³/mol. The van der Waals surface area contributed by atoms with Crippen molar-refractivity contribution in [3.63, 3.8) is 0 Å². The van der Waals surface area contributed by atoms with Crippen molar-refractivity contribution in [2.45, 2.75) is 38.6 Å². The molecule has 0 aliphatic carbocycles. The maximum atomic E-state index is 12.6. The van der Waals surface area contributed by atoms with Crippen LogP contribution in [0.25, 0.3) is 0 Å². The molecule has 0 bridgehead atoms. The standard InChI is InChI=1S/C18H21NOS/c1-2-16-15-11-13-21-17(15)10-12-19(16)18(20)9-8-14-6-4-3-5-7-14/h3-7,11,13,16H,2,8-10,12H2,1H3. The van der Waals surface area contributed by atoms with Gasteiger partial charge in [-0.3, -0.25) is 4.79 Å². The molecule has 0 saturated carbocycles. The van der Waals surface area contributed by atoms with Crippen molar-refractivity contribution in [1.82, 2.24) is 4.90 Å². The number of rotatable bonds is 4. The molecule has 2 heterocycles. The van der Waals surface area contributed by atoms with Crippen LogP contribution in [0.4, 0.5) is 0 Å². The van der Waals surface area contributed by atoms with Crippen LogP contribution in [0.1, 0.15) is 41.8 Å². The van der Waals surface area contributed by atoms with Crippen molar-refractivity contribution in [3.8, 4) is 0 Å². The number of aryl methyl sites for hydroxylation is 1. The first-order valence-corrected chi connectivity index (χ1v) is 8.57. The largest absolute Gasteiger partial charge is 0.335 e. The van der Waals surface area contributed by atoms with Crippen LogP contribution in [-0.2, 0) is 17.6 Å². The van der Waals surface area contributed by atoms with Crippen LogP contribution in [0, 0.1) is 0 Å². The van der Waals surface area contributed by atoms with Gasteiger partial charge in [-0.15, -0.1) is 11.3 Å². The molecule has 1 aromatic carbocycles. The van der Waals surface area contributed by atoms with Gasteiger partial charge in [0.25, 0.3) is 0 Å². The Balaban J connectivity index is 1.67. The quantitative estimate of drug-likeness (QED) is 0.828. The average Bonchev–Trinajstić information content (AvgIpc) is 3.01. The monoisotopic (exact) mass is 299 g/mol. The van der Waals surface area contributed by atoms with Gasteiger partial charge in [0.1, 0.15) is 0 Å². The molecule has 0 radical (unpaired) electrons. The highest BCUT2D eigenvalue weighted by molar-refractivity contribution is 7.10. The van der Waals surface area contributed by atoms with Gasteiger partial charge in [-0.2, -0.15) is 0 Å². The first-order chi connectivity index (χ1) is 10.3. The second-order valence-electron chi connectivity index (χ2n) is 5.55. The Kier molecular flexibility index (Phi) is 4.39. The predicted octanol–water partition coefficient (Wildman–Crippen LogP) is 4.22. The fraction of sp³-hybridized carbons (Fsp3) is 0.389. The van der Waals surface area contributed by atoms with E-state index in [1.165, 1.54) is 16.0 Å². The van der Waals surface area contributed by atoms with E-state index in [2.05, 4.69) is 35.4 Å². The van der Waals surface area contributed by atoms with E-state index < -0.39 is 0 Å². The molecule has 2 aromatic rings. The first-order valence-electron chi connectivity index (χ1n) is 7.69. The van der Waals surface area contributed by atoms with E-state index in [-0.39, 0.29) is 6.04 Å². The summed E-state index contributed by atoms with van der Waals surface area (Å²) in [5, 5.41) is 2.16. The third-order valence-corrected chi connectivity index (χ3v) is 5.27. The highest BCUT2D eigenvalue weighted by Crippen LogP contribution is 2.35. The fourth-order valence-corrected chi connectivity index (χ4v) is 4.10. The molecule has 1 aliphatic heterocycles. The molecule has 3 heteroatoms. The van der Waals surface area contributed by atoms with Crippen molar-refractivity contribution in [2.24, 2.45) is 0 Å². The summed E-state index contributed by atoms with van der Waals surface area (Å²) in [6.07, 6.45) is 3.46. The number of thiophene rings is 1. The summed E-state index contributed by atoms with van der Waals surface area (Å²) in [5.41, 5.74) is 2.62. The van der Waals surface area contributed by atoms with Crippen LogP contribution in [0.15, 0.2) is 41.8 Å². The van der Waals surface area contributed by atoms with Gasteiger partial charge in [0.15, 0.2) is 0 Å². The molecular weight excluding hydrogens is 278 g/mol. The van der Waals surface area contributed by atoms with Crippen LogP contribution in [-0.4, -0.2) is 17.4 Å². The number of carbonyl (C=O) groups is 1. The van der Waals surface area contributed by atoms with Crippen molar-refractivity contribution in [1.29, 1.82) is 0 Å². The maximum Gasteiger partial charge on any atom is 0.223 e. The summed E-state index contributed by atoms with van der Waals surface area (Å²) in [4.78, 5) is 16.2. The minimum atomic E-state index is 0.281. The van der Waals surface area contributed by atoms with Crippen LogP contribution in [0.2, 0.25) is 0 Å². The van der Waals surface area contributed by atoms with E-state index in [0.717, 1.165) is 25.8 Å². The lowest BCUT2D eigenvalue weighted by atomic mass is 9.97. The number of fused-ring (bicyclic) bond motifs is 1. The summed E-state index contributed by atoms with van der Waals surface area (Å²) < 4.78 is 0. The molecule has 3 rings (SSSR count). The minimum absolute atomic E-state index is 0.281. The molecule has 0 fully saturated rings. The third kappa shape index (κ3) is 3.03. The molecule has 21 heavy (non-hydrogen) atoms. The summed E-state index contributed by atoms with van der Waals surface area (Å²) in [6, 6.07) is 12.8. The molecule has 1 aliphatic rings. The SMILES string of the molecule is CCC1c2ccsc2CCN1C(=O)CCc1ccccc1. The molecular formula is C18H21NOS. The second-order valence-corrected chi connectivity index (χ2v) is 6.55. The number of nitrogens with zero attached hydrogens (tertiary/aromatic N) is 1. The van der Waals surface area contributed by atoms with Gasteiger partial charge in [-0.1, -0.05) is 37.3 Å². The second kappa shape index (κ2) is 6.44. The topological polar surface area (TPSA) is 20.3 Å². The van der Waals surface area contributed by atoms with Gasteiger partial charge in [0.2, 0.25) is 5.91 Å². The van der Waals surface area contributed by atoms with Crippen LogP contribution in [0.5, 0.6) is 0 Å². The zero-order valence-corrected chi connectivity index (χ0v) is 13.2. The summed E-state index contributed by atoms with van der Waals surface area (Å²) >= 11 is 1.83. The van der Waals surface area contributed by atoms with Crippen molar-refractivity contribution in [3.05, 3.63) is 57.8 Å². The van der Waals surface area contributed by atoms with Crippen molar-refractivity contribution in [2.75, 3.05) is 6.54 Å². The molecule has 0 N–H and O–H groups in total. The lowest BCUT2D eigenvalue weighted by Crippen LogP contribution is -2.39. The molecule has 110 valence electrons. The molecule has 2 nitrogen and oxygen atoms in total. The van der Waals surface area contributed by atoms with Gasteiger partial charge < -0.3 is 4.90 Å². The highest BCUT2D eigenvalue weighted by atomic mass is 32.1. The molecule has 0 saturated heterocycles. The van der Waals surface area contributed by atoms with Crippen LogP contribution < -0.4 is 0 Å². The van der Waals surface area contributed by atoms with E-state index in [9.17, 15) is 4.79 Å². The van der Waals surface area contributed by atoms with E-state index in [1.54, 1.807) is 0 Å². The fourth-order valence-electron chi connectivity index (χ4n) is 3.17. The number of benzene rings is 1. The Morgan fingerprint density at radius 3 is 2.86 bits per heavy atom. The lowest BCUT2D eigenvalue weighted by Gasteiger charge is -2.35. The molecule has 1 amide bonds. The normalized spacial score (nSPS) is 17.6. The molecule has 1 aromatic heterocycles. The lowest BCUT2D eigenvalue weighted by molar-refractivity contribution is -0.134. The Bertz CT molecular complexity index is 605. The van der Waals surface area contributed by atoms with Crippen molar-refractivity contribution < 1.29 is 4.79 Å². The smallest absolute Gasteiger partial charge is 0.223 e. The first kappa shape index (κ1) is 14.3. The van der Waals surface area contributed by atoms with Gasteiger partial charge in [0, 0.05) is 17.8 Å². The van der Waals surface area contributed by atoms with E-state index in [1.807, 2.05) is 29.5 Å². The van der Waals surface area contributed by atoms with E-state index in [0.29, 0.717) is 12.3 Å². The number of hydrogen-bond acceptors (Lipinski definition) is 2. The van der Waals surface area contributed by atoms with Gasteiger partial charge >= 0.3 is 0 Å². The van der Waals surface area contributed by atoms with Gasteiger partial charge in [0.05, 0.1) is 6.04 Å². The third-order valence-electron chi connectivity index (χ3n) is 4.27. The van der Waals surface area contributed by atoms with Crippen molar-refractivity contribution >= 4 is 17.2 Å². The average molecular weight is 299 g/mol. The van der Waals surface area contributed by atoms with Crippen LogP contribution >= 0.6 is 11.3 Å². The number of hydrogen-bond donors (Lipinski definition) is 0. The van der Waals surface area contributed by atoms with Gasteiger partial charge in [-0.05, 0) is 41.8 Å². The Labute approximate surface area is 130 Å². The number of amides is 1. The highest BCUT2D eigenvalue weighted by Gasteiger charge is 2.29. The van der Waals surface area contributed by atoms with E-state index in [4.69, 9.17) is 0 Å².